The minimum atomic E-state index is -0.507. The average molecular weight is 371 g/mol. The molecule has 3 rings (SSSR count). The second kappa shape index (κ2) is 8.68. The molecule has 142 valence electrons. The molecule has 0 aliphatic carbocycles. The highest BCUT2D eigenvalue weighted by Crippen LogP contribution is 2.12. The number of nitrogens with zero attached hydrogens (tertiary/aromatic N) is 2. The molecule has 0 bridgehead atoms. The van der Waals surface area contributed by atoms with Crippen molar-refractivity contribution in [2.75, 3.05) is 13.1 Å². The normalized spacial score (nSPS) is 19.3. The quantitative estimate of drug-likeness (QED) is 0.736. The summed E-state index contributed by atoms with van der Waals surface area (Å²) in [6.45, 7) is 3.88. The number of halogens is 1. The third-order valence-corrected chi connectivity index (χ3v) is 4.64. The number of benzene rings is 1. The number of amides is 2. The van der Waals surface area contributed by atoms with Crippen molar-refractivity contribution in [3.8, 4) is 0 Å². The molecule has 3 N–H and O–H groups in total. The van der Waals surface area contributed by atoms with E-state index in [1.165, 1.54) is 24.5 Å². The van der Waals surface area contributed by atoms with E-state index in [-0.39, 0.29) is 29.8 Å². The fraction of sp³-hybridized carbons (Fsp3) is 0.368. The van der Waals surface area contributed by atoms with Gasteiger partial charge in [-0.2, -0.15) is 0 Å². The van der Waals surface area contributed by atoms with E-state index in [2.05, 4.69) is 32.8 Å². The van der Waals surface area contributed by atoms with Crippen LogP contribution in [0.4, 0.5) is 4.39 Å². The fourth-order valence-electron chi connectivity index (χ4n) is 2.96. The van der Waals surface area contributed by atoms with Crippen LogP contribution in [0.2, 0.25) is 0 Å². The van der Waals surface area contributed by atoms with Gasteiger partial charge in [0.15, 0.2) is 11.4 Å². The Morgan fingerprint density at radius 1 is 1.15 bits per heavy atom. The van der Waals surface area contributed by atoms with Crippen LogP contribution in [0.15, 0.2) is 36.7 Å². The van der Waals surface area contributed by atoms with E-state index in [0.29, 0.717) is 12.5 Å². The van der Waals surface area contributed by atoms with Crippen LogP contribution in [-0.4, -0.2) is 40.9 Å². The van der Waals surface area contributed by atoms with Crippen molar-refractivity contribution in [1.82, 2.24) is 25.9 Å². The Bertz CT molecular complexity index is 812. The molecule has 0 radical (unpaired) electrons. The summed E-state index contributed by atoms with van der Waals surface area (Å²) >= 11 is 0. The summed E-state index contributed by atoms with van der Waals surface area (Å²) in [6, 6.07) is 5.78. The second-order valence-electron chi connectivity index (χ2n) is 6.61. The highest BCUT2D eigenvalue weighted by atomic mass is 19.1. The third kappa shape index (κ3) is 4.85. The minimum absolute atomic E-state index is 0.00752. The molecule has 1 aromatic carbocycles. The number of nitrogens with one attached hydrogen (secondary N) is 3. The molecule has 2 unspecified atom stereocenters. The van der Waals surface area contributed by atoms with Crippen LogP contribution >= 0.6 is 0 Å². The maximum atomic E-state index is 13.0. The van der Waals surface area contributed by atoms with E-state index >= 15 is 0 Å². The Balaban J connectivity index is 1.67. The lowest BCUT2D eigenvalue weighted by molar-refractivity contribution is 0.0886. The van der Waals surface area contributed by atoms with Gasteiger partial charge in [-0.25, -0.2) is 14.4 Å². The van der Waals surface area contributed by atoms with Crippen molar-refractivity contribution < 1.29 is 14.0 Å². The van der Waals surface area contributed by atoms with Crippen molar-refractivity contribution in [2.45, 2.75) is 25.9 Å². The lowest BCUT2D eigenvalue weighted by atomic mass is 9.94. The van der Waals surface area contributed by atoms with Gasteiger partial charge in [0.25, 0.3) is 11.8 Å². The standard InChI is InChI=1S/C19H22FN5O2/c1-12-6-7-21-11-15(12)25-19(27)17-16(22-8-9-23-17)18(26)24-10-13-2-4-14(20)5-3-13/h2-5,8-9,12,15,21H,6-7,10-11H2,1H3,(H,24,26)(H,25,27). The number of carbonyl (C=O) groups excluding carboxylic acids is 2. The van der Waals surface area contributed by atoms with Crippen LogP contribution in [0.3, 0.4) is 0 Å². The smallest absolute Gasteiger partial charge is 0.272 e. The van der Waals surface area contributed by atoms with Crippen LogP contribution in [-0.2, 0) is 6.54 Å². The van der Waals surface area contributed by atoms with Gasteiger partial charge < -0.3 is 16.0 Å². The molecular formula is C19H22FN5O2. The predicted molar refractivity (Wildman–Crippen MR) is 97.5 cm³/mol. The lowest BCUT2D eigenvalue weighted by Gasteiger charge is -2.30. The summed E-state index contributed by atoms with van der Waals surface area (Å²) in [4.78, 5) is 33.2. The van der Waals surface area contributed by atoms with E-state index in [1.54, 1.807) is 12.1 Å². The Hall–Kier alpha value is -2.87. The van der Waals surface area contributed by atoms with Crippen LogP contribution in [0, 0.1) is 11.7 Å². The van der Waals surface area contributed by atoms with Crippen molar-refractivity contribution in [3.05, 3.63) is 59.4 Å². The summed E-state index contributed by atoms with van der Waals surface area (Å²) in [5.74, 6) is -0.935. The first-order valence-electron chi connectivity index (χ1n) is 8.90. The second-order valence-corrected chi connectivity index (χ2v) is 6.61. The third-order valence-electron chi connectivity index (χ3n) is 4.64. The molecule has 2 aromatic rings. The predicted octanol–water partition coefficient (Wildman–Crippen LogP) is 1.27. The molecule has 0 saturated carbocycles. The van der Waals surface area contributed by atoms with E-state index in [4.69, 9.17) is 0 Å². The molecular weight excluding hydrogens is 349 g/mol. The van der Waals surface area contributed by atoms with Gasteiger partial charge in [-0.15, -0.1) is 0 Å². The molecule has 7 nitrogen and oxygen atoms in total. The summed E-state index contributed by atoms with van der Waals surface area (Å²) < 4.78 is 13.0. The zero-order chi connectivity index (χ0) is 19.2. The minimum Gasteiger partial charge on any atom is -0.347 e. The molecule has 1 fully saturated rings. The molecule has 2 amide bonds. The lowest BCUT2D eigenvalue weighted by Crippen LogP contribution is -2.50. The van der Waals surface area contributed by atoms with Gasteiger partial charge in [-0.05, 0) is 36.6 Å². The van der Waals surface area contributed by atoms with Crippen molar-refractivity contribution in [2.24, 2.45) is 5.92 Å². The number of aromatic nitrogens is 2. The van der Waals surface area contributed by atoms with E-state index in [1.807, 2.05) is 0 Å². The van der Waals surface area contributed by atoms with Gasteiger partial charge in [0.1, 0.15) is 5.82 Å². The summed E-state index contributed by atoms with van der Waals surface area (Å²) in [5, 5.41) is 8.87. The molecule has 27 heavy (non-hydrogen) atoms. The average Bonchev–Trinajstić information content (AvgIpc) is 2.69. The number of hydrogen-bond donors (Lipinski definition) is 3. The molecule has 2 heterocycles. The maximum Gasteiger partial charge on any atom is 0.272 e. The van der Waals surface area contributed by atoms with Crippen LogP contribution in [0.1, 0.15) is 39.9 Å². The van der Waals surface area contributed by atoms with Crippen molar-refractivity contribution in [1.29, 1.82) is 0 Å². The Labute approximate surface area is 156 Å². The van der Waals surface area contributed by atoms with Crippen LogP contribution in [0.5, 0.6) is 0 Å². The van der Waals surface area contributed by atoms with E-state index < -0.39 is 11.8 Å². The Morgan fingerprint density at radius 3 is 2.48 bits per heavy atom. The van der Waals surface area contributed by atoms with Gasteiger partial charge >= 0.3 is 0 Å². The van der Waals surface area contributed by atoms with Gasteiger partial charge in [0.05, 0.1) is 0 Å². The highest BCUT2D eigenvalue weighted by molar-refractivity contribution is 6.04. The molecule has 0 spiro atoms. The highest BCUT2D eigenvalue weighted by Gasteiger charge is 2.26. The van der Waals surface area contributed by atoms with Crippen LogP contribution < -0.4 is 16.0 Å². The fourth-order valence-corrected chi connectivity index (χ4v) is 2.96. The summed E-state index contributed by atoms with van der Waals surface area (Å²) in [5.41, 5.74) is 0.696. The monoisotopic (exact) mass is 371 g/mol. The molecule has 1 aromatic heterocycles. The maximum absolute atomic E-state index is 13.0. The number of hydrogen-bond acceptors (Lipinski definition) is 5. The molecule has 1 aliphatic rings. The zero-order valence-corrected chi connectivity index (χ0v) is 15.0. The van der Waals surface area contributed by atoms with Crippen molar-refractivity contribution >= 4 is 11.8 Å². The largest absolute Gasteiger partial charge is 0.347 e. The van der Waals surface area contributed by atoms with E-state index in [0.717, 1.165) is 18.5 Å². The first kappa shape index (κ1) is 18.9. The number of piperidine rings is 1. The van der Waals surface area contributed by atoms with Gasteiger partial charge in [-0.3, -0.25) is 9.59 Å². The first-order chi connectivity index (χ1) is 13.0. The number of carbonyl (C=O) groups is 2. The first-order valence-corrected chi connectivity index (χ1v) is 8.90. The van der Waals surface area contributed by atoms with Gasteiger partial charge in [-0.1, -0.05) is 19.1 Å². The topological polar surface area (TPSA) is 96.0 Å². The zero-order valence-electron chi connectivity index (χ0n) is 15.0. The van der Waals surface area contributed by atoms with Gasteiger partial charge in [0.2, 0.25) is 0 Å². The Morgan fingerprint density at radius 2 is 1.81 bits per heavy atom. The molecule has 1 aliphatic heterocycles. The van der Waals surface area contributed by atoms with Crippen molar-refractivity contribution in [3.63, 3.8) is 0 Å². The number of rotatable bonds is 5. The SMILES string of the molecule is CC1CCNCC1NC(=O)c1nccnc1C(=O)NCc1ccc(F)cc1. The molecule has 8 heteroatoms. The summed E-state index contributed by atoms with van der Waals surface area (Å²) in [7, 11) is 0. The van der Waals surface area contributed by atoms with E-state index in [9.17, 15) is 14.0 Å². The van der Waals surface area contributed by atoms with Gasteiger partial charge in [0, 0.05) is 31.5 Å². The molecule has 1 saturated heterocycles. The molecule has 2 atom stereocenters. The summed E-state index contributed by atoms with van der Waals surface area (Å²) in [6.07, 6.45) is 3.72. The van der Waals surface area contributed by atoms with Crippen LogP contribution in [0.25, 0.3) is 0 Å². The Kier molecular flexibility index (Phi) is 6.08.